The van der Waals surface area contributed by atoms with Crippen molar-refractivity contribution < 1.29 is 42.4 Å². The van der Waals surface area contributed by atoms with Crippen LogP contribution in [0.2, 0.25) is 0 Å². The number of carbonyl (C=O) groups is 1. The maximum atomic E-state index is 13.4. The summed E-state index contributed by atoms with van der Waals surface area (Å²) in [5, 5.41) is 0. The van der Waals surface area contributed by atoms with E-state index in [1.54, 1.807) is 28.4 Å². The van der Waals surface area contributed by atoms with Crippen LogP contribution in [-0.4, -0.2) is 83.6 Å². The summed E-state index contributed by atoms with van der Waals surface area (Å²) >= 11 is 0. The predicted molar refractivity (Wildman–Crippen MR) is 202 cm³/mol. The van der Waals surface area contributed by atoms with Crippen molar-refractivity contribution in [2.45, 2.75) is 57.7 Å². The van der Waals surface area contributed by atoms with Gasteiger partial charge in [-0.2, -0.15) is 0 Å². The number of hydrogen-bond donors (Lipinski definition) is 0. The van der Waals surface area contributed by atoms with Crippen molar-refractivity contribution in [2.24, 2.45) is 0 Å². The highest BCUT2D eigenvalue weighted by Gasteiger charge is 2.47. The van der Waals surface area contributed by atoms with Gasteiger partial charge in [-0.15, -0.1) is 0 Å². The molecule has 0 amide bonds. The van der Waals surface area contributed by atoms with Gasteiger partial charge in [0, 0.05) is 36.6 Å². The predicted octanol–water partition coefficient (Wildman–Crippen LogP) is 7.63. The average molecular weight is 724 g/mol. The highest BCUT2D eigenvalue weighted by Crippen LogP contribution is 2.52. The minimum absolute atomic E-state index is 0.0604. The number of carbonyl (C=O) groups excluding carboxylic acids is 1. The summed E-state index contributed by atoms with van der Waals surface area (Å²) in [6.07, 6.45) is 2.93. The molecule has 0 saturated carbocycles. The lowest BCUT2D eigenvalue weighted by molar-refractivity contribution is -0.954. The zero-order valence-electron chi connectivity index (χ0n) is 32.1. The molecule has 53 heavy (non-hydrogen) atoms. The molecular weight excluding hydrogens is 672 g/mol. The maximum Gasteiger partial charge on any atom is 0.364 e. The Morgan fingerprint density at radius 1 is 0.830 bits per heavy atom. The number of methoxy groups -OCH3 is 4. The van der Waals surface area contributed by atoms with Gasteiger partial charge in [-0.25, -0.2) is 4.79 Å². The minimum Gasteiger partial charge on any atom is -0.493 e. The van der Waals surface area contributed by atoms with Crippen LogP contribution >= 0.6 is 0 Å². The second kappa shape index (κ2) is 14.8. The van der Waals surface area contributed by atoms with Gasteiger partial charge in [-0.1, -0.05) is 18.2 Å². The van der Waals surface area contributed by atoms with Crippen LogP contribution in [0, 0.1) is 0 Å². The fourth-order valence-electron chi connectivity index (χ4n) is 8.44. The molecule has 0 fully saturated rings. The summed E-state index contributed by atoms with van der Waals surface area (Å²) in [4.78, 5) is 15.8. The third-order valence-electron chi connectivity index (χ3n) is 11.7. The third-order valence-corrected chi connectivity index (χ3v) is 11.7. The molecule has 4 aliphatic rings. The van der Waals surface area contributed by atoms with Crippen molar-refractivity contribution in [3.63, 3.8) is 0 Å². The minimum atomic E-state index is -0.401. The summed E-state index contributed by atoms with van der Waals surface area (Å²) < 4.78 is 43.5. The molecule has 10 heteroatoms. The van der Waals surface area contributed by atoms with Crippen LogP contribution in [0.3, 0.4) is 0 Å². The van der Waals surface area contributed by atoms with Crippen LogP contribution in [0.1, 0.15) is 59.3 Å². The summed E-state index contributed by atoms with van der Waals surface area (Å²) in [6, 6.07) is 20.1. The van der Waals surface area contributed by atoms with Crippen molar-refractivity contribution >= 4 is 5.97 Å². The number of hydrogen-bond acceptors (Lipinski definition) is 9. The molecule has 2 unspecified atom stereocenters. The molecule has 0 radical (unpaired) electrons. The fraction of sp³-hybridized carbons (Fsp3) is 0.419. The second-order valence-corrected chi connectivity index (χ2v) is 14.5. The van der Waals surface area contributed by atoms with Crippen LogP contribution in [-0.2, 0) is 35.2 Å². The molecule has 4 heterocycles. The number of benzene rings is 4. The van der Waals surface area contributed by atoms with Crippen LogP contribution in [0.15, 0.2) is 60.7 Å². The van der Waals surface area contributed by atoms with E-state index < -0.39 is 6.04 Å². The molecule has 8 rings (SSSR count). The van der Waals surface area contributed by atoms with Crippen LogP contribution < -0.4 is 28.4 Å². The first-order chi connectivity index (χ1) is 25.6. The standard InChI is InChI=1S/C43H51N2O8/c1-9-51-43(46)26(2)45(4)19-17-29-23-36(48-6)38-25-32(29)34(45)21-27-10-13-31(14-11-27)52-37-22-28(12-15-35(37)47-5)20-33-40-30(16-18-44(33)3)24-39(49-7)41(50-8)42(40)53-38/h10-15,22-26,33-34H,9,16-21H2,1-8H3/q+1/t26?,33-,34-,45?/m0/s1. The lowest BCUT2D eigenvalue weighted by atomic mass is 9.85. The van der Waals surface area contributed by atoms with E-state index in [0.29, 0.717) is 69.9 Å². The Morgan fingerprint density at radius 3 is 2.23 bits per heavy atom. The number of likely N-dealkylation sites (N-methyl/N-ethyl adjacent to an activating group) is 2. The normalized spacial score (nSPS) is 21.1. The summed E-state index contributed by atoms with van der Waals surface area (Å²) in [6.45, 7) is 5.78. The number of fused-ring (bicyclic) bond motifs is 2. The molecule has 10 nitrogen and oxygen atoms in total. The van der Waals surface area contributed by atoms with Crippen molar-refractivity contribution in [3.05, 3.63) is 94.0 Å². The van der Waals surface area contributed by atoms with Crippen LogP contribution in [0.5, 0.6) is 46.0 Å². The number of nitrogens with zero attached hydrogens (tertiary/aromatic N) is 2. The lowest BCUT2D eigenvalue weighted by Gasteiger charge is -2.48. The van der Waals surface area contributed by atoms with Crippen LogP contribution in [0.4, 0.5) is 0 Å². The largest absolute Gasteiger partial charge is 0.493 e. The first-order valence-corrected chi connectivity index (χ1v) is 18.4. The van der Waals surface area contributed by atoms with Crippen LogP contribution in [0.25, 0.3) is 0 Å². The van der Waals surface area contributed by atoms with E-state index in [0.717, 1.165) is 53.7 Å². The number of esters is 1. The highest BCUT2D eigenvalue weighted by molar-refractivity contribution is 5.74. The van der Waals surface area contributed by atoms with Gasteiger partial charge in [0.25, 0.3) is 0 Å². The van der Waals surface area contributed by atoms with Gasteiger partial charge in [-0.3, -0.25) is 4.90 Å². The Hall–Kier alpha value is -4.93. The molecule has 0 N–H and O–H groups in total. The third kappa shape index (κ3) is 6.63. The molecule has 0 saturated heterocycles. The maximum absolute atomic E-state index is 13.4. The highest BCUT2D eigenvalue weighted by atomic mass is 16.5. The topological polar surface area (TPSA) is 84.9 Å². The molecule has 4 aromatic rings. The van der Waals surface area contributed by atoms with Gasteiger partial charge in [-0.05, 0) is 98.5 Å². The van der Waals surface area contributed by atoms with E-state index >= 15 is 0 Å². The molecule has 4 aliphatic heterocycles. The van der Waals surface area contributed by atoms with E-state index in [4.69, 9.17) is 33.2 Å². The molecule has 280 valence electrons. The first kappa shape index (κ1) is 36.4. The number of rotatable bonds is 7. The number of ether oxygens (including phenoxy) is 7. The van der Waals surface area contributed by atoms with Gasteiger partial charge in [0.2, 0.25) is 5.75 Å². The van der Waals surface area contributed by atoms with E-state index in [1.807, 2.05) is 32.0 Å². The monoisotopic (exact) mass is 723 g/mol. The Balaban J connectivity index is 1.48. The molecular formula is C43H51N2O8+. The second-order valence-electron chi connectivity index (χ2n) is 14.5. The van der Waals surface area contributed by atoms with Gasteiger partial charge < -0.3 is 37.6 Å². The fourth-order valence-corrected chi connectivity index (χ4v) is 8.44. The van der Waals surface area contributed by atoms with Gasteiger partial charge >= 0.3 is 5.97 Å². The van der Waals surface area contributed by atoms with E-state index in [9.17, 15) is 4.79 Å². The zero-order chi connectivity index (χ0) is 37.4. The molecule has 0 aliphatic carbocycles. The first-order valence-electron chi connectivity index (χ1n) is 18.4. The molecule has 0 aromatic heterocycles. The van der Waals surface area contributed by atoms with Gasteiger partial charge in [0.1, 0.15) is 11.8 Å². The lowest BCUT2D eigenvalue weighted by Crippen LogP contribution is -2.60. The van der Waals surface area contributed by atoms with Gasteiger partial charge in [0.15, 0.2) is 40.5 Å². The molecule has 0 spiro atoms. The average Bonchev–Trinajstić information content (AvgIpc) is 3.17. The summed E-state index contributed by atoms with van der Waals surface area (Å²) in [5.74, 6) is 4.74. The number of quaternary nitrogens is 1. The molecule has 4 atom stereocenters. The SMILES string of the molecule is CCOC(=O)C(C)[N+]1(C)CCc2cc(OC)c3cc2[C@@H]1Cc1ccc(cc1)Oc1cc(ccc1OC)C[C@H]1c2c(cc(OC)c(OC)c2O3)CCN1C. The van der Waals surface area contributed by atoms with E-state index in [2.05, 4.69) is 61.5 Å². The quantitative estimate of drug-likeness (QED) is 0.141. The van der Waals surface area contributed by atoms with Crippen molar-refractivity contribution in [2.75, 3.05) is 62.2 Å². The smallest absolute Gasteiger partial charge is 0.364 e. The van der Waals surface area contributed by atoms with Crippen molar-refractivity contribution in [3.8, 4) is 46.0 Å². The Kier molecular flexibility index (Phi) is 10.2. The Morgan fingerprint density at radius 2 is 1.53 bits per heavy atom. The van der Waals surface area contributed by atoms with E-state index in [1.165, 1.54) is 5.56 Å². The van der Waals surface area contributed by atoms with Gasteiger partial charge in [0.05, 0.1) is 48.6 Å². The van der Waals surface area contributed by atoms with E-state index in [-0.39, 0.29) is 18.1 Å². The summed E-state index contributed by atoms with van der Waals surface area (Å²) in [5.41, 5.74) is 6.66. The zero-order valence-corrected chi connectivity index (χ0v) is 32.1. The Bertz CT molecular complexity index is 2000. The van der Waals surface area contributed by atoms with Crippen molar-refractivity contribution in [1.29, 1.82) is 0 Å². The van der Waals surface area contributed by atoms with Crippen molar-refractivity contribution in [1.82, 2.24) is 4.90 Å². The summed E-state index contributed by atoms with van der Waals surface area (Å²) in [7, 11) is 11.0. The molecule has 4 aromatic carbocycles. The Labute approximate surface area is 312 Å². The molecule has 6 bridgehead atoms.